The van der Waals surface area contributed by atoms with Gasteiger partial charge in [0.25, 0.3) is 0 Å². The fourth-order valence-corrected chi connectivity index (χ4v) is 3.98. The monoisotopic (exact) mass is 390 g/mol. The molecule has 1 amide bonds. The van der Waals surface area contributed by atoms with Gasteiger partial charge in [-0.05, 0) is 49.1 Å². The molecule has 1 aliphatic heterocycles. The van der Waals surface area contributed by atoms with Crippen molar-refractivity contribution < 1.29 is 9.53 Å². The topological polar surface area (TPSA) is 60.2 Å². The highest BCUT2D eigenvalue weighted by Crippen LogP contribution is 2.32. The first-order valence-electron chi connectivity index (χ1n) is 9.99. The number of likely N-dealkylation sites (tertiary alicyclic amines) is 1. The van der Waals surface area contributed by atoms with Crippen molar-refractivity contribution in [1.82, 2.24) is 19.4 Å². The molecule has 0 aliphatic carbocycles. The Labute approximate surface area is 171 Å². The van der Waals surface area contributed by atoms with Gasteiger partial charge in [-0.2, -0.15) is 0 Å². The first-order valence-corrected chi connectivity index (χ1v) is 9.99. The molecule has 0 N–H and O–H groups in total. The summed E-state index contributed by atoms with van der Waals surface area (Å²) in [4.78, 5) is 24.0. The lowest BCUT2D eigenvalue weighted by molar-refractivity contribution is -0.131. The van der Waals surface area contributed by atoms with Gasteiger partial charge in [-0.25, -0.2) is 4.98 Å². The number of carbonyl (C=O) groups is 1. The second kappa shape index (κ2) is 8.47. The zero-order valence-electron chi connectivity index (χ0n) is 16.9. The Hall–Kier alpha value is -3.15. The summed E-state index contributed by atoms with van der Waals surface area (Å²) < 4.78 is 7.41. The molecule has 6 heteroatoms. The number of imidazole rings is 1. The quantitative estimate of drug-likeness (QED) is 0.646. The van der Waals surface area contributed by atoms with Gasteiger partial charge in [0.15, 0.2) is 0 Å². The van der Waals surface area contributed by atoms with Crippen LogP contribution in [-0.2, 0) is 17.8 Å². The van der Waals surface area contributed by atoms with Gasteiger partial charge in [0.05, 0.1) is 26.1 Å². The van der Waals surface area contributed by atoms with E-state index in [2.05, 4.69) is 27.5 Å². The second-order valence-corrected chi connectivity index (χ2v) is 7.48. The summed E-state index contributed by atoms with van der Waals surface area (Å²) in [6, 6.07) is 11.7. The third-order valence-electron chi connectivity index (χ3n) is 5.54. The standard InChI is InChI=1S/C23H26N4O2/c1-17-14-25-23(27(17)16-19-5-3-11-24-15-19)21-6-4-12-26(21)22(28)13-18-7-9-20(29-2)10-8-18/h3,5,7-11,14-15,21H,4,6,12-13,16H2,1-2H3. The molecule has 0 saturated carbocycles. The molecule has 0 radical (unpaired) electrons. The minimum Gasteiger partial charge on any atom is -0.497 e. The summed E-state index contributed by atoms with van der Waals surface area (Å²) in [6.45, 7) is 3.55. The van der Waals surface area contributed by atoms with Crippen molar-refractivity contribution in [3.05, 3.63) is 77.6 Å². The van der Waals surface area contributed by atoms with Gasteiger partial charge in [-0.15, -0.1) is 0 Å². The summed E-state index contributed by atoms with van der Waals surface area (Å²) in [7, 11) is 1.64. The van der Waals surface area contributed by atoms with Gasteiger partial charge in [-0.3, -0.25) is 9.78 Å². The summed E-state index contributed by atoms with van der Waals surface area (Å²) >= 11 is 0. The summed E-state index contributed by atoms with van der Waals surface area (Å²) in [5.41, 5.74) is 3.22. The molecule has 3 heterocycles. The Morgan fingerprint density at radius 3 is 2.72 bits per heavy atom. The van der Waals surface area contributed by atoms with E-state index in [0.717, 1.165) is 47.8 Å². The molecule has 29 heavy (non-hydrogen) atoms. The number of rotatable bonds is 6. The van der Waals surface area contributed by atoms with Crippen LogP contribution in [0.3, 0.4) is 0 Å². The van der Waals surface area contributed by atoms with Crippen molar-refractivity contribution in [2.24, 2.45) is 0 Å². The lowest BCUT2D eigenvalue weighted by Crippen LogP contribution is -2.33. The molecule has 150 valence electrons. The van der Waals surface area contributed by atoms with Crippen molar-refractivity contribution in [3.63, 3.8) is 0 Å². The average molecular weight is 390 g/mol. The third-order valence-corrected chi connectivity index (χ3v) is 5.54. The van der Waals surface area contributed by atoms with Crippen LogP contribution >= 0.6 is 0 Å². The molecule has 1 saturated heterocycles. The summed E-state index contributed by atoms with van der Waals surface area (Å²) in [5, 5.41) is 0. The Morgan fingerprint density at radius 1 is 1.17 bits per heavy atom. The second-order valence-electron chi connectivity index (χ2n) is 7.48. The number of aryl methyl sites for hydroxylation is 1. The Bertz CT molecular complexity index is 966. The van der Waals surface area contributed by atoms with Crippen LogP contribution in [0.5, 0.6) is 5.75 Å². The fraction of sp³-hybridized carbons (Fsp3) is 0.348. The third kappa shape index (κ3) is 4.16. The highest BCUT2D eigenvalue weighted by Gasteiger charge is 2.33. The molecule has 4 rings (SSSR count). The van der Waals surface area contributed by atoms with Gasteiger partial charge in [0, 0.05) is 30.8 Å². The van der Waals surface area contributed by atoms with Crippen LogP contribution in [0.1, 0.15) is 41.5 Å². The molecule has 1 atom stereocenters. The van der Waals surface area contributed by atoms with Gasteiger partial charge in [0.2, 0.25) is 5.91 Å². The van der Waals surface area contributed by atoms with Crippen LogP contribution in [0.2, 0.25) is 0 Å². The van der Waals surface area contributed by atoms with E-state index in [9.17, 15) is 4.79 Å². The van der Waals surface area contributed by atoms with E-state index in [1.54, 1.807) is 13.3 Å². The number of carbonyl (C=O) groups excluding carboxylic acids is 1. The number of hydrogen-bond acceptors (Lipinski definition) is 4. The maximum Gasteiger partial charge on any atom is 0.227 e. The van der Waals surface area contributed by atoms with Crippen molar-refractivity contribution in [2.75, 3.05) is 13.7 Å². The van der Waals surface area contributed by atoms with E-state index in [1.807, 2.05) is 47.6 Å². The maximum absolute atomic E-state index is 13.1. The molecule has 3 aromatic rings. The zero-order valence-corrected chi connectivity index (χ0v) is 16.9. The van der Waals surface area contributed by atoms with Gasteiger partial charge < -0.3 is 14.2 Å². The van der Waals surface area contributed by atoms with Crippen LogP contribution in [0.4, 0.5) is 0 Å². The number of amides is 1. The smallest absolute Gasteiger partial charge is 0.227 e. The Kier molecular flexibility index (Phi) is 5.60. The van der Waals surface area contributed by atoms with Crippen LogP contribution in [-0.4, -0.2) is 39.0 Å². The highest BCUT2D eigenvalue weighted by atomic mass is 16.5. The van der Waals surface area contributed by atoms with Crippen molar-refractivity contribution in [3.8, 4) is 5.75 Å². The highest BCUT2D eigenvalue weighted by molar-refractivity contribution is 5.79. The minimum absolute atomic E-state index is 0.0196. The Balaban J connectivity index is 1.53. The lowest BCUT2D eigenvalue weighted by atomic mass is 10.1. The fourth-order valence-electron chi connectivity index (χ4n) is 3.98. The van der Waals surface area contributed by atoms with Crippen molar-refractivity contribution in [1.29, 1.82) is 0 Å². The normalized spacial score (nSPS) is 16.2. The number of aromatic nitrogens is 3. The molecular weight excluding hydrogens is 364 g/mol. The van der Waals surface area contributed by atoms with Crippen molar-refractivity contribution >= 4 is 5.91 Å². The van der Waals surface area contributed by atoms with Gasteiger partial charge in [0.1, 0.15) is 11.6 Å². The summed E-state index contributed by atoms with van der Waals surface area (Å²) in [5.74, 6) is 1.91. The van der Waals surface area contributed by atoms with E-state index < -0.39 is 0 Å². The first-order chi connectivity index (χ1) is 14.2. The SMILES string of the molecule is COc1ccc(CC(=O)N2CCCC2c2ncc(C)n2Cc2cccnc2)cc1. The number of pyridine rings is 1. The molecule has 1 unspecified atom stereocenters. The molecule has 0 bridgehead atoms. The number of nitrogens with zero attached hydrogens (tertiary/aromatic N) is 4. The number of benzene rings is 1. The van der Waals surface area contributed by atoms with Crippen LogP contribution in [0.15, 0.2) is 55.0 Å². The predicted molar refractivity (Wildman–Crippen MR) is 111 cm³/mol. The number of hydrogen-bond donors (Lipinski definition) is 0. The maximum atomic E-state index is 13.1. The van der Waals surface area contributed by atoms with Gasteiger partial charge in [-0.1, -0.05) is 18.2 Å². The average Bonchev–Trinajstić information content (AvgIpc) is 3.36. The van der Waals surface area contributed by atoms with Crippen molar-refractivity contribution in [2.45, 2.75) is 38.8 Å². The zero-order chi connectivity index (χ0) is 20.2. The van der Waals surface area contributed by atoms with E-state index in [0.29, 0.717) is 13.0 Å². The molecule has 1 aromatic carbocycles. The number of methoxy groups -OCH3 is 1. The minimum atomic E-state index is 0.0196. The molecule has 1 aliphatic rings. The van der Waals surface area contributed by atoms with E-state index >= 15 is 0 Å². The van der Waals surface area contributed by atoms with E-state index in [4.69, 9.17) is 4.74 Å². The molecule has 6 nitrogen and oxygen atoms in total. The largest absolute Gasteiger partial charge is 0.497 e. The van der Waals surface area contributed by atoms with Crippen LogP contribution in [0.25, 0.3) is 0 Å². The van der Waals surface area contributed by atoms with Gasteiger partial charge >= 0.3 is 0 Å². The number of ether oxygens (including phenoxy) is 1. The first kappa shape index (κ1) is 19.2. The predicted octanol–water partition coefficient (Wildman–Crippen LogP) is 3.55. The molecule has 2 aromatic heterocycles. The van der Waals surface area contributed by atoms with E-state index in [1.165, 1.54) is 0 Å². The molecular formula is C23H26N4O2. The molecule has 0 spiro atoms. The van der Waals surface area contributed by atoms with Crippen LogP contribution < -0.4 is 4.74 Å². The summed E-state index contributed by atoms with van der Waals surface area (Å²) in [6.07, 6.45) is 7.89. The lowest BCUT2D eigenvalue weighted by Gasteiger charge is -2.25. The van der Waals surface area contributed by atoms with Crippen LogP contribution in [0, 0.1) is 6.92 Å². The Morgan fingerprint density at radius 2 is 2.00 bits per heavy atom. The van der Waals surface area contributed by atoms with E-state index in [-0.39, 0.29) is 11.9 Å². The molecule has 1 fully saturated rings.